The highest BCUT2D eigenvalue weighted by molar-refractivity contribution is 7.12. The van der Waals surface area contributed by atoms with Crippen molar-refractivity contribution in [2.75, 3.05) is 29.9 Å². The Morgan fingerprint density at radius 1 is 1.34 bits per heavy atom. The number of thiazole rings is 1. The van der Waals surface area contributed by atoms with Gasteiger partial charge in [-0.25, -0.2) is 19.2 Å². The van der Waals surface area contributed by atoms with Crippen LogP contribution in [0.15, 0.2) is 53.2 Å². The molecule has 0 radical (unpaired) electrons. The number of hydrogen-bond donors (Lipinski definition) is 2. The van der Waals surface area contributed by atoms with Gasteiger partial charge in [-0.15, -0.1) is 11.3 Å². The van der Waals surface area contributed by atoms with E-state index >= 15 is 0 Å². The number of nitrogens with zero attached hydrogens (tertiary/aromatic N) is 5. The first-order valence-corrected chi connectivity index (χ1v) is 10.7. The second kappa shape index (κ2) is 8.00. The van der Waals surface area contributed by atoms with E-state index in [9.17, 15) is 19.1 Å². The van der Waals surface area contributed by atoms with Crippen LogP contribution >= 0.6 is 11.3 Å². The molecule has 0 atom stereocenters. The molecule has 0 unspecified atom stereocenters. The molecule has 9 nitrogen and oxygen atoms in total. The maximum absolute atomic E-state index is 14.9. The first kappa shape index (κ1) is 20.1. The number of rotatable bonds is 6. The molecular weight excluding hydrogens is 435 g/mol. The Labute approximate surface area is 184 Å². The molecule has 2 N–H and O–H groups in total. The highest BCUT2D eigenvalue weighted by atomic mass is 32.1. The van der Waals surface area contributed by atoms with Crippen LogP contribution in [0, 0.1) is 11.7 Å². The van der Waals surface area contributed by atoms with Crippen LogP contribution < -0.4 is 15.6 Å². The van der Waals surface area contributed by atoms with Crippen molar-refractivity contribution in [1.29, 1.82) is 0 Å². The second-order valence-corrected chi connectivity index (χ2v) is 8.29. The SMILES string of the molecule is O=C(O)c1cn(-c2nccs2)c2nc(N3CC(CNc4cccnc4)C3)c(F)cc2c1=O. The maximum atomic E-state index is 14.9. The van der Waals surface area contributed by atoms with Gasteiger partial charge in [0.1, 0.15) is 5.56 Å². The molecule has 32 heavy (non-hydrogen) atoms. The fraction of sp³-hybridized carbons (Fsp3) is 0.190. The minimum atomic E-state index is -1.39. The number of nitrogens with one attached hydrogen (secondary N) is 1. The molecule has 1 aliphatic heterocycles. The van der Waals surface area contributed by atoms with Gasteiger partial charge in [0.25, 0.3) is 0 Å². The van der Waals surface area contributed by atoms with Crippen LogP contribution in [-0.4, -0.2) is 50.2 Å². The Balaban J connectivity index is 1.46. The number of aromatic nitrogens is 4. The molecule has 0 bridgehead atoms. The maximum Gasteiger partial charge on any atom is 0.341 e. The number of anilines is 2. The van der Waals surface area contributed by atoms with Crippen LogP contribution in [0.4, 0.5) is 15.9 Å². The zero-order valence-electron chi connectivity index (χ0n) is 16.6. The van der Waals surface area contributed by atoms with E-state index in [-0.39, 0.29) is 16.9 Å². The van der Waals surface area contributed by atoms with E-state index in [0.29, 0.717) is 30.7 Å². The third kappa shape index (κ3) is 3.56. The number of carboxylic acid groups (broad SMARTS) is 1. The largest absolute Gasteiger partial charge is 0.477 e. The van der Waals surface area contributed by atoms with E-state index in [1.165, 1.54) is 22.1 Å². The van der Waals surface area contributed by atoms with Gasteiger partial charge in [-0.2, -0.15) is 0 Å². The van der Waals surface area contributed by atoms with Crippen LogP contribution in [0.3, 0.4) is 0 Å². The lowest BCUT2D eigenvalue weighted by atomic mass is 10.00. The quantitative estimate of drug-likeness (QED) is 0.459. The van der Waals surface area contributed by atoms with Gasteiger partial charge in [-0.3, -0.25) is 14.3 Å². The zero-order valence-corrected chi connectivity index (χ0v) is 17.4. The molecule has 0 amide bonds. The Morgan fingerprint density at radius 2 is 2.19 bits per heavy atom. The Bertz CT molecular complexity index is 1350. The summed E-state index contributed by atoms with van der Waals surface area (Å²) in [6.45, 7) is 1.90. The average molecular weight is 452 g/mol. The second-order valence-electron chi connectivity index (χ2n) is 7.42. The summed E-state index contributed by atoms with van der Waals surface area (Å²) < 4.78 is 16.3. The Kier molecular flexibility index (Phi) is 5.02. The van der Waals surface area contributed by atoms with Gasteiger partial charge in [-0.1, -0.05) is 0 Å². The summed E-state index contributed by atoms with van der Waals surface area (Å²) >= 11 is 1.26. The molecule has 5 rings (SSSR count). The van der Waals surface area contributed by atoms with Crippen LogP contribution in [-0.2, 0) is 0 Å². The van der Waals surface area contributed by atoms with Gasteiger partial charge in [0.05, 0.1) is 11.1 Å². The molecule has 162 valence electrons. The summed E-state index contributed by atoms with van der Waals surface area (Å²) in [5.41, 5.74) is -0.154. The molecule has 4 aromatic rings. The van der Waals surface area contributed by atoms with Gasteiger partial charge in [0.2, 0.25) is 5.43 Å². The molecule has 0 aromatic carbocycles. The van der Waals surface area contributed by atoms with Crippen LogP contribution in [0.5, 0.6) is 0 Å². The van der Waals surface area contributed by atoms with Crippen molar-refractivity contribution in [1.82, 2.24) is 19.5 Å². The van der Waals surface area contributed by atoms with Crippen molar-refractivity contribution in [2.45, 2.75) is 0 Å². The van der Waals surface area contributed by atoms with Gasteiger partial charge >= 0.3 is 5.97 Å². The lowest BCUT2D eigenvalue weighted by molar-refractivity contribution is 0.0695. The van der Waals surface area contributed by atoms with Crippen molar-refractivity contribution >= 4 is 39.8 Å². The zero-order chi connectivity index (χ0) is 22.2. The van der Waals surface area contributed by atoms with Gasteiger partial charge in [0, 0.05) is 55.7 Å². The summed E-state index contributed by atoms with van der Waals surface area (Å²) in [4.78, 5) is 38.6. The molecule has 11 heteroatoms. The lowest BCUT2D eigenvalue weighted by Gasteiger charge is -2.40. The van der Waals surface area contributed by atoms with Crippen LogP contribution in [0.2, 0.25) is 0 Å². The van der Waals surface area contributed by atoms with Crippen LogP contribution in [0.25, 0.3) is 16.2 Å². The van der Waals surface area contributed by atoms with Crippen LogP contribution in [0.1, 0.15) is 10.4 Å². The third-order valence-electron chi connectivity index (χ3n) is 5.28. The fourth-order valence-corrected chi connectivity index (χ4v) is 4.29. The van der Waals surface area contributed by atoms with E-state index in [0.717, 1.165) is 11.8 Å². The molecule has 1 aliphatic rings. The van der Waals surface area contributed by atoms with Crippen molar-refractivity contribution in [2.24, 2.45) is 5.92 Å². The fourth-order valence-electron chi connectivity index (χ4n) is 3.67. The van der Waals surface area contributed by atoms with Gasteiger partial charge in [-0.05, 0) is 18.2 Å². The predicted molar refractivity (Wildman–Crippen MR) is 118 cm³/mol. The number of aromatic carboxylic acids is 1. The standard InChI is InChI=1S/C21H17FN6O3S/c22-16-6-14-17(29)15(20(30)31)11-28(21-24-4-5-32-21)18(14)26-19(16)27-9-12(10-27)7-25-13-2-1-3-23-8-13/h1-6,8,11-12,25H,7,9-10H2,(H,30,31). The predicted octanol–water partition coefficient (Wildman–Crippen LogP) is 2.62. The summed E-state index contributed by atoms with van der Waals surface area (Å²) in [7, 11) is 0. The lowest BCUT2D eigenvalue weighted by Crippen LogP contribution is -2.50. The molecule has 1 saturated heterocycles. The third-order valence-corrected chi connectivity index (χ3v) is 6.05. The number of halogens is 1. The molecule has 0 saturated carbocycles. The van der Waals surface area contributed by atoms with Crippen molar-refractivity contribution in [3.63, 3.8) is 0 Å². The summed E-state index contributed by atoms with van der Waals surface area (Å²) in [6, 6.07) is 4.84. The van der Waals surface area contributed by atoms with Crippen molar-refractivity contribution in [3.8, 4) is 5.13 Å². The van der Waals surface area contributed by atoms with Crippen molar-refractivity contribution < 1.29 is 14.3 Å². The minimum Gasteiger partial charge on any atom is -0.477 e. The van der Waals surface area contributed by atoms with E-state index in [4.69, 9.17) is 0 Å². The summed E-state index contributed by atoms with van der Waals surface area (Å²) in [6.07, 6.45) is 6.20. The normalized spacial score (nSPS) is 13.8. The highest BCUT2D eigenvalue weighted by Gasteiger charge is 2.30. The first-order valence-electron chi connectivity index (χ1n) is 9.79. The highest BCUT2D eigenvalue weighted by Crippen LogP contribution is 2.29. The van der Waals surface area contributed by atoms with E-state index in [1.807, 2.05) is 12.1 Å². The summed E-state index contributed by atoms with van der Waals surface area (Å²) in [5.74, 6) is -1.63. The smallest absolute Gasteiger partial charge is 0.341 e. The van der Waals surface area contributed by atoms with E-state index < -0.39 is 22.8 Å². The van der Waals surface area contributed by atoms with Gasteiger partial charge < -0.3 is 15.3 Å². The Morgan fingerprint density at radius 3 is 2.88 bits per heavy atom. The topological polar surface area (TPSA) is 113 Å². The molecular formula is C21H17FN6O3S. The first-order chi connectivity index (χ1) is 15.5. The average Bonchev–Trinajstić information content (AvgIpc) is 3.29. The minimum absolute atomic E-state index is 0.100. The summed E-state index contributed by atoms with van der Waals surface area (Å²) in [5, 5.41) is 14.8. The van der Waals surface area contributed by atoms with Gasteiger partial charge in [0.15, 0.2) is 22.4 Å². The number of hydrogen-bond acceptors (Lipinski definition) is 8. The van der Waals surface area contributed by atoms with Crippen molar-refractivity contribution in [3.05, 3.63) is 70.0 Å². The number of pyridine rings is 3. The molecule has 5 heterocycles. The van der Waals surface area contributed by atoms with E-state index in [1.54, 1.807) is 28.9 Å². The van der Waals surface area contributed by atoms with E-state index in [2.05, 4.69) is 20.3 Å². The molecule has 0 spiro atoms. The number of carbonyl (C=O) groups is 1. The Hall–Kier alpha value is -3.86. The molecule has 1 fully saturated rings. The monoisotopic (exact) mass is 452 g/mol. The molecule has 0 aliphatic carbocycles. The molecule has 4 aromatic heterocycles. The number of carboxylic acids is 1. The number of fused-ring (bicyclic) bond motifs is 1.